The average molecular weight is 427 g/mol. The molecule has 0 spiro atoms. The van der Waals surface area contributed by atoms with Gasteiger partial charge in [-0.1, -0.05) is 31.6 Å². The van der Waals surface area contributed by atoms with Crippen LogP contribution < -0.4 is 4.90 Å². The van der Waals surface area contributed by atoms with E-state index in [1.54, 1.807) is 26.0 Å². The van der Waals surface area contributed by atoms with Crippen LogP contribution in [0.5, 0.6) is 11.5 Å². The van der Waals surface area contributed by atoms with Crippen molar-refractivity contribution in [3.8, 4) is 11.5 Å². The Morgan fingerprint density at radius 1 is 1.32 bits per heavy atom. The van der Waals surface area contributed by atoms with E-state index in [0.717, 1.165) is 5.57 Å². The molecule has 4 atom stereocenters. The number of ketones is 1. The second kappa shape index (κ2) is 7.55. The highest BCUT2D eigenvalue weighted by atomic mass is 16.5. The molecule has 0 aliphatic carbocycles. The van der Waals surface area contributed by atoms with Crippen molar-refractivity contribution in [3.63, 3.8) is 0 Å². The van der Waals surface area contributed by atoms with Crippen LogP contribution in [0.2, 0.25) is 0 Å². The van der Waals surface area contributed by atoms with Crippen LogP contribution in [-0.4, -0.2) is 40.0 Å². The highest BCUT2D eigenvalue weighted by Crippen LogP contribution is 2.55. The Morgan fingerprint density at radius 2 is 1.97 bits per heavy atom. The lowest BCUT2D eigenvalue weighted by molar-refractivity contribution is -0.160. The summed E-state index contributed by atoms with van der Waals surface area (Å²) in [5.74, 6) is -3.18. The van der Waals surface area contributed by atoms with E-state index < -0.39 is 28.6 Å². The van der Waals surface area contributed by atoms with Crippen molar-refractivity contribution in [2.24, 2.45) is 11.3 Å². The minimum Gasteiger partial charge on any atom is -0.508 e. The fourth-order valence-electron chi connectivity index (χ4n) is 4.99. The summed E-state index contributed by atoms with van der Waals surface area (Å²) >= 11 is 0. The van der Waals surface area contributed by atoms with Crippen LogP contribution in [0.3, 0.4) is 0 Å². The van der Waals surface area contributed by atoms with Crippen LogP contribution in [0.15, 0.2) is 36.4 Å². The first-order chi connectivity index (χ1) is 14.5. The van der Waals surface area contributed by atoms with Gasteiger partial charge in [-0.05, 0) is 33.1 Å². The summed E-state index contributed by atoms with van der Waals surface area (Å²) in [4.78, 5) is 41.6. The lowest BCUT2D eigenvalue weighted by atomic mass is 9.76. The maximum atomic E-state index is 13.8. The summed E-state index contributed by atoms with van der Waals surface area (Å²) in [5.41, 5.74) is -2.11. The highest BCUT2D eigenvalue weighted by Gasteiger charge is 2.68. The van der Waals surface area contributed by atoms with Gasteiger partial charge in [0.2, 0.25) is 5.41 Å². The van der Waals surface area contributed by atoms with E-state index in [1.807, 2.05) is 13.8 Å². The Morgan fingerprint density at radius 3 is 2.52 bits per heavy atom. The molecule has 1 fully saturated rings. The third-order valence-electron chi connectivity index (χ3n) is 6.63. The van der Waals surface area contributed by atoms with Crippen molar-refractivity contribution in [3.05, 3.63) is 42.0 Å². The molecule has 1 saturated heterocycles. The molecule has 166 valence electrons. The molecule has 2 aliphatic heterocycles. The molecular weight excluding hydrogens is 398 g/mol. The fraction of sp³-hybridized carbons (Fsp3) is 0.458. The molecule has 1 aromatic rings. The van der Waals surface area contributed by atoms with E-state index >= 15 is 0 Å². The number of allylic oxidation sites excluding steroid dienone is 2. The van der Waals surface area contributed by atoms with Gasteiger partial charge >= 0.3 is 5.97 Å². The van der Waals surface area contributed by atoms with Crippen molar-refractivity contribution >= 4 is 23.3 Å². The van der Waals surface area contributed by atoms with Gasteiger partial charge in [-0.25, -0.2) is 0 Å². The molecule has 7 nitrogen and oxygen atoms in total. The summed E-state index contributed by atoms with van der Waals surface area (Å²) < 4.78 is 5.10. The molecule has 3 rings (SSSR count). The minimum absolute atomic E-state index is 0.0278. The molecule has 31 heavy (non-hydrogen) atoms. The summed E-state index contributed by atoms with van der Waals surface area (Å²) in [7, 11) is 0. The molecule has 1 amide bonds. The second-order valence-corrected chi connectivity index (χ2v) is 8.45. The summed E-state index contributed by atoms with van der Waals surface area (Å²) in [6.07, 6.45) is 3.66. The summed E-state index contributed by atoms with van der Waals surface area (Å²) in [6.45, 7) is 12.3. The van der Waals surface area contributed by atoms with Gasteiger partial charge in [0.25, 0.3) is 5.91 Å². The molecule has 7 heteroatoms. The number of hydrogen-bond acceptors (Lipinski definition) is 6. The van der Waals surface area contributed by atoms with Crippen molar-refractivity contribution in [1.29, 1.82) is 0 Å². The number of fused-ring (bicyclic) bond motifs is 3. The number of anilines is 1. The summed E-state index contributed by atoms with van der Waals surface area (Å²) in [6, 6.07) is 2.57. The first kappa shape index (κ1) is 22.6. The molecule has 0 saturated carbocycles. The maximum absolute atomic E-state index is 13.8. The third-order valence-corrected chi connectivity index (χ3v) is 6.63. The number of esters is 1. The number of Topliss-reactive ketones (excluding diaryl/α,β-unsaturated/α-hetero) is 1. The van der Waals surface area contributed by atoms with E-state index in [-0.39, 0.29) is 42.0 Å². The van der Waals surface area contributed by atoms with Crippen LogP contribution in [-0.2, 0) is 19.1 Å². The van der Waals surface area contributed by atoms with Gasteiger partial charge in [0.1, 0.15) is 17.0 Å². The minimum atomic E-state index is -2.03. The molecule has 0 radical (unpaired) electrons. The number of aromatic hydroxyl groups is 2. The van der Waals surface area contributed by atoms with Crippen molar-refractivity contribution in [2.75, 3.05) is 11.5 Å². The number of phenols is 2. The quantitative estimate of drug-likeness (QED) is 0.423. The van der Waals surface area contributed by atoms with Crippen LogP contribution >= 0.6 is 0 Å². The normalized spacial score (nSPS) is 28.4. The number of phenolic OH excluding ortho intramolecular Hbond substituents is 2. The number of rotatable bonds is 5. The molecule has 2 heterocycles. The van der Waals surface area contributed by atoms with Gasteiger partial charge in [-0.15, -0.1) is 6.58 Å². The lowest BCUT2D eigenvalue weighted by Gasteiger charge is -2.33. The molecular formula is C24H29NO6. The topological polar surface area (TPSA) is 104 Å². The van der Waals surface area contributed by atoms with Gasteiger partial charge < -0.3 is 14.9 Å². The van der Waals surface area contributed by atoms with Gasteiger partial charge in [-0.3, -0.25) is 19.3 Å². The Balaban J connectivity index is 2.43. The largest absolute Gasteiger partial charge is 0.508 e. The Hall–Kier alpha value is -3.09. The number of hydrogen-bond donors (Lipinski definition) is 2. The standard InChI is InChI=1S/C24H29NO6/c1-7-13(4)18-14(5)12-24(8-2)20(28)23(6,22(30)31-9-3)21(29)25(24)16-10-15(26)11-17(27)19(16)18/h7,10-13,18,26-27H,1,8-9H2,2-6H3/t13-,18+,23+,24+/m0/s1. The number of carbonyl (C=O) groups is 3. The van der Waals surface area contributed by atoms with Gasteiger partial charge in [0.05, 0.1) is 12.3 Å². The number of ether oxygens (including phenoxy) is 1. The second-order valence-electron chi connectivity index (χ2n) is 8.45. The zero-order valence-corrected chi connectivity index (χ0v) is 18.6. The van der Waals surface area contributed by atoms with Crippen molar-refractivity contribution < 1.29 is 29.3 Å². The molecule has 1 aromatic carbocycles. The first-order valence-corrected chi connectivity index (χ1v) is 10.5. The molecule has 2 N–H and O–H groups in total. The van der Waals surface area contributed by atoms with E-state index in [4.69, 9.17) is 4.74 Å². The van der Waals surface area contributed by atoms with Crippen LogP contribution in [0.4, 0.5) is 5.69 Å². The highest BCUT2D eigenvalue weighted by molar-refractivity contribution is 6.35. The van der Waals surface area contributed by atoms with E-state index in [1.165, 1.54) is 24.0 Å². The monoisotopic (exact) mass is 427 g/mol. The maximum Gasteiger partial charge on any atom is 0.329 e. The van der Waals surface area contributed by atoms with Crippen LogP contribution in [0, 0.1) is 11.3 Å². The summed E-state index contributed by atoms with van der Waals surface area (Å²) in [5, 5.41) is 21.1. The Labute approximate surface area is 182 Å². The van der Waals surface area contributed by atoms with Gasteiger partial charge in [0, 0.05) is 23.6 Å². The first-order valence-electron chi connectivity index (χ1n) is 10.5. The van der Waals surface area contributed by atoms with Crippen LogP contribution in [0.1, 0.15) is 52.5 Å². The van der Waals surface area contributed by atoms with E-state index in [2.05, 4.69) is 6.58 Å². The third kappa shape index (κ3) is 2.90. The van der Waals surface area contributed by atoms with E-state index in [0.29, 0.717) is 5.56 Å². The predicted octanol–water partition coefficient (Wildman–Crippen LogP) is 3.60. The number of carbonyl (C=O) groups excluding carboxylic acids is 3. The van der Waals surface area contributed by atoms with Crippen molar-refractivity contribution in [1.82, 2.24) is 0 Å². The van der Waals surface area contributed by atoms with Crippen molar-refractivity contribution in [2.45, 2.75) is 52.5 Å². The van der Waals surface area contributed by atoms with Crippen LogP contribution in [0.25, 0.3) is 0 Å². The number of benzene rings is 1. The zero-order valence-electron chi connectivity index (χ0n) is 18.6. The molecule has 0 bridgehead atoms. The SMILES string of the molecule is C=C[C@H](C)[C@@H]1C(C)=C[C@]2(CC)C(=O)[C@@](C)(C(=O)OCC)C(=O)N2c2cc(O)cc(O)c21. The number of nitrogens with zero attached hydrogens (tertiary/aromatic N) is 1. The van der Waals surface area contributed by atoms with Gasteiger partial charge in [-0.2, -0.15) is 0 Å². The lowest BCUT2D eigenvalue weighted by Crippen LogP contribution is -2.48. The fourth-order valence-corrected chi connectivity index (χ4v) is 4.99. The Kier molecular flexibility index (Phi) is 5.50. The molecule has 2 aliphatic rings. The predicted molar refractivity (Wildman–Crippen MR) is 116 cm³/mol. The van der Waals surface area contributed by atoms with E-state index in [9.17, 15) is 24.6 Å². The average Bonchev–Trinajstić information content (AvgIpc) is 2.82. The molecule has 0 unspecified atom stereocenters. The molecule has 0 aromatic heterocycles. The smallest absolute Gasteiger partial charge is 0.329 e. The Bertz CT molecular complexity index is 1010. The van der Waals surface area contributed by atoms with Gasteiger partial charge in [0.15, 0.2) is 5.78 Å². The zero-order chi connectivity index (χ0) is 23.3. The number of amides is 1.